The summed E-state index contributed by atoms with van der Waals surface area (Å²) in [6.45, 7) is 0. The zero-order chi connectivity index (χ0) is 9.90. The summed E-state index contributed by atoms with van der Waals surface area (Å²) in [5.41, 5.74) is 0.959. The molecule has 0 spiro atoms. The van der Waals surface area contributed by atoms with E-state index in [9.17, 15) is 8.42 Å². The fourth-order valence-corrected chi connectivity index (χ4v) is 1.39. The lowest BCUT2D eigenvalue weighted by molar-refractivity contribution is 0.607. The van der Waals surface area contributed by atoms with Crippen LogP contribution < -0.4 is 4.72 Å². The minimum absolute atomic E-state index is 0.460. The first kappa shape index (κ1) is 9.55. The molecular weight excluding hydrogens is 188 g/mol. The predicted octanol–water partition coefficient (Wildman–Crippen LogP) is 0.930. The molecule has 5 heteroatoms. The largest absolute Gasteiger partial charge is 0.284 e. The molecule has 1 aromatic carbocycles. The van der Waals surface area contributed by atoms with Gasteiger partial charge in [0.05, 0.1) is 17.9 Å². The molecule has 0 fully saturated rings. The Balaban J connectivity index is 2.89. The van der Waals surface area contributed by atoms with Crippen molar-refractivity contribution in [2.75, 3.05) is 11.0 Å². The molecule has 1 aromatic rings. The molecule has 0 heterocycles. The topological polar surface area (TPSA) is 70.0 Å². The molecule has 0 radical (unpaired) electrons. The van der Waals surface area contributed by atoms with Crippen LogP contribution in [0.1, 0.15) is 5.56 Å². The summed E-state index contributed by atoms with van der Waals surface area (Å²) in [5, 5.41) is 8.47. The number of nitrogens with one attached hydrogen (secondary N) is 1. The average Bonchev–Trinajstić information content (AvgIpc) is 2.03. The lowest BCUT2D eigenvalue weighted by Gasteiger charge is -2.02. The first-order valence-corrected chi connectivity index (χ1v) is 5.38. The van der Waals surface area contributed by atoms with Gasteiger partial charge in [-0.15, -0.1) is 0 Å². The van der Waals surface area contributed by atoms with Crippen LogP contribution in [-0.4, -0.2) is 14.7 Å². The van der Waals surface area contributed by atoms with E-state index in [1.54, 1.807) is 24.3 Å². The van der Waals surface area contributed by atoms with Gasteiger partial charge in [-0.05, 0) is 24.3 Å². The molecule has 68 valence electrons. The number of nitrogens with zero attached hydrogens (tertiary/aromatic N) is 1. The fourth-order valence-electron chi connectivity index (χ4n) is 0.827. The lowest BCUT2D eigenvalue weighted by Crippen LogP contribution is -2.09. The van der Waals surface area contributed by atoms with Gasteiger partial charge in [0, 0.05) is 5.69 Å². The van der Waals surface area contributed by atoms with Crippen LogP contribution in [0, 0.1) is 11.3 Å². The minimum atomic E-state index is -3.23. The summed E-state index contributed by atoms with van der Waals surface area (Å²) in [7, 11) is -3.23. The average molecular weight is 196 g/mol. The van der Waals surface area contributed by atoms with E-state index >= 15 is 0 Å². The van der Waals surface area contributed by atoms with Gasteiger partial charge in [0.15, 0.2) is 0 Å². The van der Waals surface area contributed by atoms with Gasteiger partial charge in [-0.2, -0.15) is 5.26 Å². The van der Waals surface area contributed by atoms with Gasteiger partial charge in [-0.1, -0.05) is 0 Å². The second kappa shape index (κ2) is 3.46. The second-order valence-corrected chi connectivity index (χ2v) is 4.31. The van der Waals surface area contributed by atoms with Crippen LogP contribution in [0.4, 0.5) is 5.69 Å². The molecule has 0 saturated carbocycles. The number of rotatable bonds is 2. The fraction of sp³-hybridized carbons (Fsp3) is 0.125. The van der Waals surface area contributed by atoms with Gasteiger partial charge in [0.25, 0.3) is 0 Å². The first-order valence-electron chi connectivity index (χ1n) is 3.49. The van der Waals surface area contributed by atoms with Crippen molar-refractivity contribution in [3.63, 3.8) is 0 Å². The Hall–Kier alpha value is -1.54. The standard InChI is InChI=1S/C8H8N2O2S/c1-13(11,12)10-8-4-2-7(6-9)3-5-8/h2-5,10H,1H3. The predicted molar refractivity (Wildman–Crippen MR) is 49.6 cm³/mol. The highest BCUT2D eigenvalue weighted by Gasteiger charge is 2.00. The van der Waals surface area contributed by atoms with Crippen LogP contribution in [0.3, 0.4) is 0 Å². The van der Waals surface area contributed by atoms with Gasteiger partial charge < -0.3 is 0 Å². The van der Waals surface area contributed by atoms with E-state index in [2.05, 4.69) is 4.72 Å². The summed E-state index contributed by atoms with van der Waals surface area (Å²) in [6, 6.07) is 8.12. The monoisotopic (exact) mass is 196 g/mol. The van der Waals surface area contributed by atoms with Crippen LogP contribution in [0.2, 0.25) is 0 Å². The lowest BCUT2D eigenvalue weighted by atomic mass is 10.2. The molecule has 0 aliphatic rings. The van der Waals surface area contributed by atoms with Crippen molar-refractivity contribution in [2.24, 2.45) is 0 Å². The maximum Gasteiger partial charge on any atom is 0.229 e. The molecule has 0 unspecified atom stereocenters. The van der Waals surface area contributed by atoms with E-state index in [0.29, 0.717) is 11.3 Å². The Morgan fingerprint density at radius 1 is 1.31 bits per heavy atom. The number of hydrogen-bond acceptors (Lipinski definition) is 3. The molecule has 1 N–H and O–H groups in total. The van der Waals surface area contributed by atoms with Crippen LogP contribution in [0.25, 0.3) is 0 Å². The SMILES string of the molecule is CS(=O)(=O)Nc1ccc(C#N)cc1. The smallest absolute Gasteiger partial charge is 0.229 e. The molecule has 13 heavy (non-hydrogen) atoms. The van der Waals surface area contributed by atoms with Crippen LogP contribution in [0.15, 0.2) is 24.3 Å². The molecule has 0 atom stereocenters. The van der Waals surface area contributed by atoms with Crippen molar-refractivity contribution < 1.29 is 8.42 Å². The Labute approximate surface area is 76.9 Å². The summed E-state index contributed by atoms with van der Waals surface area (Å²) < 4.78 is 23.9. The van der Waals surface area contributed by atoms with Crippen LogP contribution >= 0.6 is 0 Å². The van der Waals surface area contributed by atoms with Crippen molar-refractivity contribution in [3.8, 4) is 6.07 Å². The third-order valence-corrected chi connectivity index (χ3v) is 1.92. The van der Waals surface area contributed by atoms with E-state index in [1.165, 1.54) is 0 Å². The molecule has 0 saturated heterocycles. The van der Waals surface area contributed by atoms with E-state index < -0.39 is 10.0 Å². The Morgan fingerprint density at radius 2 is 1.85 bits per heavy atom. The Bertz CT molecular complexity index is 428. The van der Waals surface area contributed by atoms with Crippen molar-refractivity contribution in [2.45, 2.75) is 0 Å². The summed E-state index contributed by atoms with van der Waals surface area (Å²) in [5.74, 6) is 0. The van der Waals surface area contributed by atoms with Gasteiger partial charge in [0.2, 0.25) is 10.0 Å². The summed E-state index contributed by atoms with van der Waals surface area (Å²) >= 11 is 0. The Morgan fingerprint density at radius 3 is 2.23 bits per heavy atom. The number of hydrogen-bond donors (Lipinski definition) is 1. The van der Waals surface area contributed by atoms with Crippen molar-refractivity contribution >= 4 is 15.7 Å². The van der Waals surface area contributed by atoms with Crippen molar-refractivity contribution in [3.05, 3.63) is 29.8 Å². The number of anilines is 1. The van der Waals surface area contributed by atoms with Gasteiger partial charge >= 0.3 is 0 Å². The van der Waals surface area contributed by atoms with E-state index in [4.69, 9.17) is 5.26 Å². The van der Waals surface area contributed by atoms with E-state index in [-0.39, 0.29) is 0 Å². The molecule has 0 aliphatic carbocycles. The first-order chi connectivity index (χ1) is 6.01. The second-order valence-electron chi connectivity index (χ2n) is 2.56. The zero-order valence-electron chi connectivity index (χ0n) is 6.98. The summed E-state index contributed by atoms with van der Waals surface area (Å²) in [4.78, 5) is 0. The molecule has 4 nitrogen and oxygen atoms in total. The normalized spacial score (nSPS) is 10.5. The van der Waals surface area contributed by atoms with Gasteiger partial charge in [-0.25, -0.2) is 8.42 Å². The quantitative estimate of drug-likeness (QED) is 0.764. The highest BCUT2D eigenvalue weighted by molar-refractivity contribution is 7.92. The van der Waals surface area contributed by atoms with Gasteiger partial charge in [-0.3, -0.25) is 4.72 Å². The third-order valence-electron chi connectivity index (χ3n) is 1.32. The number of sulfonamides is 1. The molecule has 0 bridgehead atoms. The molecule has 0 aliphatic heterocycles. The molecule has 1 rings (SSSR count). The number of nitriles is 1. The number of benzene rings is 1. The van der Waals surface area contributed by atoms with Crippen LogP contribution in [-0.2, 0) is 10.0 Å². The highest BCUT2D eigenvalue weighted by Crippen LogP contribution is 2.09. The van der Waals surface area contributed by atoms with Crippen molar-refractivity contribution in [1.29, 1.82) is 5.26 Å². The maximum atomic E-state index is 10.8. The van der Waals surface area contributed by atoms with Crippen LogP contribution in [0.5, 0.6) is 0 Å². The summed E-state index contributed by atoms with van der Waals surface area (Å²) in [6.07, 6.45) is 1.07. The Kier molecular flexibility index (Phi) is 2.54. The molecule has 0 amide bonds. The highest BCUT2D eigenvalue weighted by atomic mass is 32.2. The van der Waals surface area contributed by atoms with Gasteiger partial charge in [0.1, 0.15) is 0 Å². The van der Waals surface area contributed by atoms with E-state index in [1.807, 2.05) is 6.07 Å². The zero-order valence-corrected chi connectivity index (χ0v) is 7.80. The van der Waals surface area contributed by atoms with Crippen molar-refractivity contribution in [1.82, 2.24) is 0 Å². The maximum absolute atomic E-state index is 10.8. The minimum Gasteiger partial charge on any atom is -0.284 e. The molecular formula is C8H8N2O2S. The third kappa shape index (κ3) is 3.13. The molecule has 0 aromatic heterocycles. The van der Waals surface area contributed by atoms with E-state index in [0.717, 1.165) is 6.26 Å².